The molecule has 1 aromatic rings. The van der Waals surface area contributed by atoms with Gasteiger partial charge in [0, 0.05) is 6.20 Å². The van der Waals surface area contributed by atoms with Crippen molar-refractivity contribution in [3.05, 3.63) is 39.2 Å². The molecule has 1 unspecified atom stereocenters. The minimum atomic E-state index is -1.29. The number of aromatic amines is 1. The molecule has 0 aromatic carbocycles. The normalized spacial score (nSPS) is 28.0. The van der Waals surface area contributed by atoms with Gasteiger partial charge in [-0.05, 0) is 25.9 Å². The Balaban J connectivity index is 2.28. The van der Waals surface area contributed by atoms with Crippen LogP contribution in [0, 0.1) is 0 Å². The summed E-state index contributed by atoms with van der Waals surface area (Å²) in [5.74, 6) is 0. The van der Waals surface area contributed by atoms with Crippen molar-refractivity contribution in [3.8, 4) is 0 Å². The van der Waals surface area contributed by atoms with E-state index >= 15 is 0 Å². The summed E-state index contributed by atoms with van der Waals surface area (Å²) in [5.41, 5.74) is -1.08. The molecule has 0 spiro atoms. The Bertz CT molecular complexity index is 747. The number of nitrogens with zero attached hydrogens (tertiary/aromatic N) is 1. The monoisotopic (exact) mass is 342 g/mol. The van der Waals surface area contributed by atoms with Gasteiger partial charge in [0.2, 0.25) is 0 Å². The number of aliphatic hydroxyl groups is 2. The summed E-state index contributed by atoms with van der Waals surface area (Å²) >= 11 is 0. The number of aromatic nitrogens is 2. The molecular weight excluding hydrogens is 319 g/mol. The van der Waals surface area contributed by atoms with Gasteiger partial charge in [-0.3, -0.25) is 14.3 Å². The summed E-state index contributed by atoms with van der Waals surface area (Å²) in [4.78, 5) is 25.7. The standard InChI is InChI=1S/C15H23N2O5P/c1-5-9-8-17(15(21)16-13(9)20)14-12(19)11(18)10(22-14)6-7-23(2,3)4/h5,8,10-12,14,18-19H,1-2,6-7H2,3-4H3,(H,16,20,21)/t10-,11-,12-,14?/m1/s1. The minimum absolute atomic E-state index is 0.183. The van der Waals surface area contributed by atoms with Crippen LogP contribution in [0.2, 0.25) is 0 Å². The fourth-order valence-corrected chi connectivity index (χ4v) is 3.46. The Kier molecular flexibility index (Phi) is 5.16. The van der Waals surface area contributed by atoms with Crippen molar-refractivity contribution in [2.24, 2.45) is 0 Å². The number of hydrogen-bond donors (Lipinski definition) is 3. The highest BCUT2D eigenvalue weighted by Crippen LogP contribution is 2.39. The molecule has 3 N–H and O–H groups in total. The molecule has 2 rings (SSSR count). The first kappa shape index (κ1) is 17.9. The van der Waals surface area contributed by atoms with Crippen LogP contribution in [0.1, 0.15) is 18.2 Å². The SMILES string of the molecule is C=Cc1cn(C2O[C@H](CCP(=C)(C)C)[C@@H](O)[C@H]2O)c(=O)[nH]c1=O. The van der Waals surface area contributed by atoms with Gasteiger partial charge in [0.1, 0.15) is 12.2 Å². The van der Waals surface area contributed by atoms with E-state index in [1.807, 2.05) is 0 Å². The van der Waals surface area contributed by atoms with Gasteiger partial charge in [-0.25, -0.2) is 4.79 Å². The molecule has 0 bridgehead atoms. The summed E-state index contributed by atoms with van der Waals surface area (Å²) in [6.45, 7) is 6.37. The predicted octanol–water partition coefficient (Wildman–Crippen LogP) is -0.102. The second kappa shape index (κ2) is 6.61. The maximum absolute atomic E-state index is 12.0. The van der Waals surface area contributed by atoms with Gasteiger partial charge in [-0.2, -0.15) is 0 Å². The van der Waals surface area contributed by atoms with Gasteiger partial charge in [-0.1, -0.05) is 12.7 Å². The Morgan fingerprint density at radius 2 is 2.04 bits per heavy atom. The lowest BCUT2D eigenvalue weighted by molar-refractivity contribution is -0.0402. The van der Waals surface area contributed by atoms with Crippen molar-refractivity contribution in [1.82, 2.24) is 9.55 Å². The zero-order chi connectivity index (χ0) is 17.4. The molecule has 1 aliphatic rings. The van der Waals surface area contributed by atoms with Crippen molar-refractivity contribution in [3.63, 3.8) is 0 Å². The number of H-pyrrole nitrogens is 1. The van der Waals surface area contributed by atoms with Crippen molar-refractivity contribution < 1.29 is 14.9 Å². The molecule has 4 atom stereocenters. The summed E-state index contributed by atoms with van der Waals surface area (Å²) in [6, 6.07) is 0. The van der Waals surface area contributed by atoms with Crippen LogP contribution in [0.25, 0.3) is 6.08 Å². The average molecular weight is 342 g/mol. The second-order valence-electron chi connectivity index (χ2n) is 6.45. The van der Waals surface area contributed by atoms with Crippen molar-refractivity contribution in [1.29, 1.82) is 0 Å². The lowest BCUT2D eigenvalue weighted by Crippen LogP contribution is -2.38. The van der Waals surface area contributed by atoms with E-state index in [1.165, 1.54) is 12.3 Å². The van der Waals surface area contributed by atoms with Crippen LogP contribution in [-0.2, 0) is 4.74 Å². The maximum Gasteiger partial charge on any atom is 0.330 e. The van der Waals surface area contributed by atoms with Gasteiger partial charge in [0.15, 0.2) is 6.23 Å². The molecule has 1 saturated heterocycles. The molecule has 1 aromatic heterocycles. The highest BCUT2D eigenvalue weighted by molar-refractivity contribution is 7.72. The molecule has 0 aliphatic carbocycles. The molecular formula is C15H23N2O5P. The number of hydrogen-bond acceptors (Lipinski definition) is 5. The first-order chi connectivity index (χ1) is 10.6. The molecule has 0 saturated carbocycles. The number of rotatable bonds is 5. The van der Waals surface area contributed by atoms with Crippen molar-refractivity contribution >= 4 is 19.3 Å². The van der Waals surface area contributed by atoms with E-state index in [0.717, 1.165) is 10.7 Å². The van der Waals surface area contributed by atoms with Gasteiger partial charge >= 0.3 is 5.69 Å². The average Bonchev–Trinajstić information content (AvgIpc) is 2.73. The van der Waals surface area contributed by atoms with E-state index in [4.69, 9.17) is 4.74 Å². The summed E-state index contributed by atoms with van der Waals surface area (Å²) in [6.07, 6.45) is 4.04. The Hall–Kier alpha value is -1.40. The van der Waals surface area contributed by atoms with E-state index < -0.39 is 42.7 Å². The summed E-state index contributed by atoms with van der Waals surface area (Å²) in [5, 5.41) is 20.4. The van der Waals surface area contributed by atoms with Crippen LogP contribution in [-0.4, -0.2) is 63.9 Å². The lowest BCUT2D eigenvalue weighted by Gasteiger charge is -2.19. The Morgan fingerprint density at radius 1 is 1.39 bits per heavy atom. The van der Waals surface area contributed by atoms with Crippen molar-refractivity contribution in [2.75, 3.05) is 19.5 Å². The van der Waals surface area contributed by atoms with Crippen LogP contribution in [0.3, 0.4) is 0 Å². The maximum atomic E-state index is 12.0. The highest BCUT2D eigenvalue weighted by atomic mass is 31.2. The Labute approximate surface area is 134 Å². The number of ether oxygens (including phenoxy) is 1. The zero-order valence-electron chi connectivity index (χ0n) is 13.3. The molecule has 128 valence electrons. The van der Waals surface area contributed by atoms with Crippen LogP contribution in [0.5, 0.6) is 0 Å². The smallest absolute Gasteiger partial charge is 0.330 e. The van der Waals surface area contributed by atoms with Gasteiger partial charge in [-0.15, -0.1) is 13.2 Å². The lowest BCUT2D eigenvalue weighted by atomic mass is 10.1. The van der Waals surface area contributed by atoms with E-state index in [-0.39, 0.29) is 5.56 Å². The van der Waals surface area contributed by atoms with E-state index in [1.54, 1.807) is 0 Å². The van der Waals surface area contributed by atoms with E-state index in [0.29, 0.717) is 6.42 Å². The minimum Gasteiger partial charge on any atom is -0.388 e. The fourth-order valence-electron chi connectivity index (χ4n) is 2.51. The van der Waals surface area contributed by atoms with Gasteiger partial charge in [0.25, 0.3) is 5.56 Å². The quantitative estimate of drug-likeness (QED) is 0.648. The topological polar surface area (TPSA) is 105 Å². The molecule has 8 heteroatoms. The Morgan fingerprint density at radius 3 is 2.61 bits per heavy atom. The van der Waals surface area contributed by atoms with Crippen LogP contribution in [0.4, 0.5) is 0 Å². The summed E-state index contributed by atoms with van der Waals surface area (Å²) in [7, 11) is 0. The molecule has 0 radical (unpaired) electrons. The highest BCUT2D eigenvalue weighted by Gasteiger charge is 2.43. The molecule has 0 amide bonds. The van der Waals surface area contributed by atoms with Crippen LogP contribution in [0.15, 0.2) is 22.4 Å². The van der Waals surface area contributed by atoms with Gasteiger partial charge in [0.05, 0.1) is 11.7 Å². The van der Waals surface area contributed by atoms with Crippen molar-refractivity contribution in [2.45, 2.75) is 31.0 Å². The third kappa shape index (κ3) is 3.93. The van der Waals surface area contributed by atoms with E-state index in [9.17, 15) is 19.8 Å². The first-order valence-electron chi connectivity index (χ1n) is 7.31. The van der Waals surface area contributed by atoms with Gasteiger partial charge < -0.3 is 14.9 Å². The summed E-state index contributed by atoms with van der Waals surface area (Å²) < 4.78 is 6.76. The molecule has 23 heavy (non-hydrogen) atoms. The molecule has 1 fully saturated rings. The number of nitrogens with one attached hydrogen (secondary N) is 1. The number of aliphatic hydroxyl groups excluding tert-OH is 2. The zero-order valence-corrected chi connectivity index (χ0v) is 14.2. The molecule has 7 nitrogen and oxygen atoms in total. The fraction of sp³-hybridized carbons (Fsp3) is 0.533. The first-order valence-corrected chi connectivity index (χ1v) is 10.4. The molecule has 2 heterocycles. The second-order valence-corrected chi connectivity index (χ2v) is 10.8. The predicted molar refractivity (Wildman–Crippen MR) is 92.7 cm³/mol. The van der Waals surface area contributed by atoms with E-state index in [2.05, 4.69) is 31.2 Å². The third-order valence-corrected chi connectivity index (χ3v) is 5.31. The third-order valence-electron chi connectivity index (χ3n) is 3.85. The largest absolute Gasteiger partial charge is 0.388 e. The van der Waals surface area contributed by atoms with Crippen LogP contribution >= 0.6 is 6.89 Å². The molecule has 1 aliphatic heterocycles. The van der Waals surface area contributed by atoms with Crippen LogP contribution < -0.4 is 11.2 Å².